The average molecular weight is 488 g/mol. The lowest BCUT2D eigenvalue weighted by molar-refractivity contribution is -0.126. The molecule has 184 valence electrons. The lowest BCUT2D eigenvalue weighted by atomic mass is 9.96. The summed E-state index contributed by atoms with van der Waals surface area (Å²) in [5.74, 6) is 1.16. The van der Waals surface area contributed by atoms with Crippen LogP contribution in [0.5, 0.6) is 11.5 Å². The molecule has 2 atom stereocenters. The van der Waals surface area contributed by atoms with Crippen LogP contribution in [0.4, 0.5) is 0 Å². The molecule has 2 aliphatic heterocycles. The summed E-state index contributed by atoms with van der Waals surface area (Å²) in [5.41, 5.74) is 1.05. The van der Waals surface area contributed by atoms with Crippen molar-refractivity contribution in [1.29, 1.82) is 0 Å². The molecule has 2 amide bonds. The Morgan fingerprint density at radius 2 is 1.94 bits per heavy atom. The van der Waals surface area contributed by atoms with Gasteiger partial charge in [-0.05, 0) is 42.0 Å². The predicted octanol–water partition coefficient (Wildman–Crippen LogP) is 2.81. The average Bonchev–Trinajstić information content (AvgIpc) is 3.44. The summed E-state index contributed by atoms with van der Waals surface area (Å²) in [6, 6.07) is 9.61. The molecule has 9 heteroatoms. The van der Waals surface area contributed by atoms with Crippen LogP contribution >= 0.6 is 11.3 Å². The van der Waals surface area contributed by atoms with Crippen LogP contribution < -0.4 is 14.8 Å². The first kappa shape index (κ1) is 24.5. The van der Waals surface area contributed by atoms with Crippen molar-refractivity contribution in [3.8, 4) is 11.5 Å². The second kappa shape index (κ2) is 11.7. The second-order valence-corrected chi connectivity index (χ2v) is 9.54. The summed E-state index contributed by atoms with van der Waals surface area (Å²) < 4.78 is 16.4. The van der Waals surface area contributed by atoms with Crippen molar-refractivity contribution in [1.82, 2.24) is 15.1 Å². The van der Waals surface area contributed by atoms with Gasteiger partial charge in [-0.2, -0.15) is 0 Å². The van der Waals surface area contributed by atoms with Gasteiger partial charge in [-0.1, -0.05) is 12.1 Å². The maximum Gasteiger partial charge on any atom is 0.263 e. The molecule has 2 fully saturated rings. The first-order valence-corrected chi connectivity index (χ1v) is 12.6. The molecule has 0 radical (unpaired) electrons. The summed E-state index contributed by atoms with van der Waals surface area (Å²) in [6.45, 7) is 4.55. The summed E-state index contributed by atoms with van der Waals surface area (Å²) in [6.07, 6.45) is 1.62. The van der Waals surface area contributed by atoms with Crippen LogP contribution in [0.3, 0.4) is 0 Å². The molecule has 2 aromatic rings. The van der Waals surface area contributed by atoms with Crippen LogP contribution in [0, 0.1) is 5.92 Å². The van der Waals surface area contributed by atoms with E-state index in [4.69, 9.17) is 14.2 Å². The summed E-state index contributed by atoms with van der Waals surface area (Å²) in [7, 11) is 3.24. The van der Waals surface area contributed by atoms with Crippen LogP contribution in [0.25, 0.3) is 0 Å². The van der Waals surface area contributed by atoms with Crippen molar-refractivity contribution in [3.05, 3.63) is 46.2 Å². The number of rotatable bonds is 8. The minimum absolute atomic E-state index is 0.00224. The maximum absolute atomic E-state index is 13.2. The van der Waals surface area contributed by atoms with Gasteiger partial charge in [0, 0.05) is 32.7 Å². The fourth-order valence-corrected chi connectivity index (χ4v) is 5.37. The molecule has 2 unspecified atom stereocenters. The number of piperidine rings is 1. The second-order valence-electron chi connectivity index (χ2n) is 8.59. The Hall–Kier alpha value is -2.62. The highest BCUT2D eigenvalue weighted by molar-refractivity contribution is 7.12. The highest BCUT2D eigenvalue weighted by Gasteiger charge is 2.31. The number of nitrogens with zero attached hydrogens (tertiary/aromatic N) is 2. The fraction of sp³-hybridized carbons (Fsp3) is 0.520. The predicted molar refractivity (Wildman–Crippen MR) is 131 cm³/mol. The summed E-state index contributed by atoms with van der Waals surface area (Å²) >= 11 is 1.44. The van der Waals surface area contributed by atoms with E-state index in [1.807, 2.05) is 40.6 Å². The third kappa shape index (κ3) is 5.71. The van der Waals surface area contributed by atoms with Crippen molar-refractivity contribution < 1.29 is 23.8 Å². The topological polar surface area (TPSA) is 80.3 Å². The number of ether oxygens (including phenoxy) is 3. The Bertz CT molecular complexity index is 961. The van der Waals surface area contributed by atoms with Crippen LogP contribution in [0.2, 0.25) is 0 Å². The first-order valence-electron chi connectivity index (χ1n) is 11.7. The Morgan fingerprint density at radius 1 is 1.15 bits per heavy atom. The zero-order chi connectivity index (χ0) is 23.9. The fourth-order valence-electron chi connectivity index (χ4n) is 4.68. The Balaban J connectivity index is 1.43. The Kier molecular flexibility index (Phi) is 8.42. The number of nitrogens with one attached hydrogen (secondary N) is 1. The number of amides is 2. The van der Waals surface area contributed by atoms with Gasteiger partial charge in [0.15, 0.2) is 11.5 Å². The molecular formula is C25H33N3O5S. The van der Waals surface area contributed by atoms with Crippen molar-refractivity contribution in [2.24, 2.45) is 5.92 Å². The molecule has 2 saturated heterocycles. The smallest absolute Gasteiger partial charge is 0.263 e. The number of hydrogen-bond acceptors (Lipinski definition) is 7. The third-order valence-corrected chi connectivity index (χ3v) is 7.42. The maximum atomic E-state index is 13.2. The van der Waals surface area contributed by atoms with E-state index in [-0.39, 0.29) is 23.8 Å². The van der Waals surface area contributed by atoms with Gasteiger partial charge in [0.05, 0.1) is 44.3 Å². The lowest BCUT2D eigenvalue weighted by Crippen LogP contribution is -2.48. The van der Waals surface area contributed by atoms with Crippen molar-refractivity contribution in [2.75, 3.05) is 60.2 Å². The Labute approximate surface area is 204 Å². The minimum Gasteiger partial charge on any atom is -0.493 e. The highest BCUT2D eigenvalue weighted by Crippen LogP contribution is 2.32. The zero-order valence-corrected chi connectivity index (χ0v) is 20.6. The molecule has 34 heavy (non-hydrogen) atoms. The van der Waals surface area contributed by atoms with Gasteiger partial charge in [-0.25, -0.2) is 0 Å². The van der Waals surface area contributed by atoms with Gasteiger partial charge >= 0.3 is 0 Å². The zero-order valence-electron chi connectivity index (χ0n) is 19.8. The molecule has 1 aromatic carbocycles. The third-order valence-electron chi connectivity index (χ3n) is 6.56. The van der Waals surface area contributed by atoms with E-state index >= 15 is 0 Å². The molecular weight excluding hydrogens is 454 g/mol. The van der Waals surface area contributed by atoms with Crippen molar-refractivity contribution >= 4 is 23.2 Å². The van der Waals surface area contributed by atoms with Crippen LogP contribution in [-0.4, -0.2) is 81.8 Å². The van der Waals surface area contributed by atoms with Gasteiger partial charge in [-0.3, -0.25) is 14.5 Å². The Morgan fingerprint density at radius 3 is 2.65 bits per heavy atom. The standard InChI is InChI=1S/C25H33N3O5S/c1-31-21-8-7-18(15-22(21)32-2)20(27-10-12-33-13-11-27)16-26-24(29)19-5-3-9-28(17-19)25(30)23-6-4-14-34-23/h4,6-8,14-15,19-20H,3,5,9-13,16-17H2,1-2H3,(H,26,29). The summed E-state index contributed by atoms with van der Waals surface area (Å²) in [5, 5.41) is 5.08. The number of carbonyl (C=O) groups excluding carboxylic acids is 2. The molecule has 1 aromatic heterocycles. The minimum atomic E-state index is -0.201. The van der Waals surface area contributed by atoms with E-state index in [1.165, 1.54) is 11.3 Å². The van der Waals surface area contributed by atoms with E-state index in [9.17, 15) is 9.59 Å². The summed E-state index contributed by atoms with van der Waals surface area (Å²) in [4.78, 5) is 30.8. The number of morpholine rings is 1. The van der Waals surface area contributed by atoms with Gasteiger partial charge in [-0.15, -0.1) is 11.3 Å². The molecule has 0 bridgehead atoms. The quantitative estimate of drug-likeness (QED) is 0.617. The molecule has 8 nitrogen and oxygen atoms in total. The van der Waals surface area contributed by atoms with E-state index < -0.39 is 0 Å². The molecule has 0 aliphatic carbocycles. The van der Waals surface area contributed by atoms with E-state index in [0.29, 0.717) is 44.3 Å². The van der Waals surface area contributed by atoms with E-state index in [1.54, 1.807) is 14.2 Å². The molecule has 3 heterocycles. The van der Waals surface area contributed by atoms with Gasteiger partial charge in [0.25, 0.3) is 5.91 Å². The number of benzene rings is 1. The number of carbonyl (C=O) groups is 2. The van der Waals surface area contributed by atoms with Gasteiger partial charge in [0.2, 0.25) is 5.91 Å². The van der Waals surface area contributed by atoms with Crippen LogP contribution in [0.1, 0.15) is 34.1 Å². The lowest BCUT2D eigenvalue weighted by Gasteiger charge is -2.36. The number of likely N-dealkylation sites (tertiary alicyclic amines) is 1. The largest absolute Gasteiger partial charge is 0.493 e. The normalized spacial score (nSPS) is 19.9. The van der Waals surface area contributed by atoms with E-state index in [2.05, 4.69) is 10.2 Å². The highest BCUT2D eigenvalue weighted by atomic mass is 32.1. The molecule has 1 N–H and O–H groups in total. The van der Waals surface area contributed by atoms with Crippen LogP contribution in [0.15, 0.2) is 35.7 Å². The number of methoxy groups -OCH3 is 2. The number of thiophene rings is 1. The van der Waals surface area contributed by atoms with Gasteiger partial charge < -0.3 is 24.4 Å². The molecule has 0 spiro atoms. The van der Waals surface area contributed by atoms with E-state index in [0.717, 1.165) is 36.4 Å². The molecule has 2 aliphatic rings. The van der Waals surface area contributed by atoms with Gasteiger partial charge in [0.1, 0.15) is 0 Å². The first-order chi connectivity index (χ1) is 16.6. The SMILES string of the molecule is COc1ccc(C(CNC(=O)C2CCCN(C(=O)c3cccs3)C2)N2CCOCC2)cc1OC. The van der Waals surface area contributed by atoms with Crippen molar-refractivity contribution in [2.45, 2.75) is 18.9 Å². The number of hydrogen-bond donors (Lipinski definition) is 1. The molecule has 4 rings (SSSR count). The molecule has 0 saturated carbocycles. The van der Waals surface area contributed by atoms with Crippen molar-refractivity contribution in [3.63, 3.8) is 0 Å². The monoisotopic (exact) mass is 487 g/mol. The van der Waals surface area contributed by atoms with Crippen LogP contribution in [-0.2, 0) is 9.53 Å².